The van der Waals surface area contributed by atoms with Gasteiger partial charge >= 0.3 is 0 Å². The first-order valence-corrected chi connectivity index (χ1v) is 5.43. The van der Waals surface area contributed by atoms with Crippen LogP contribution in [0.4, 0.5) is 0 Å². The van der Waals surface area contributed by atoms with Gasteiger partial charge in [0, 0.05) is 25.0 Å². The molecule has 1 fully saturated rings. The standard InChI is InChI=1S/C9H18Cl2N2/c1-7(6-13(2)3)12-5-8-4-9(8,10)11/h7-8,12H,4-6H2,1-3H3. The van der Waals surface area contributed by atoms with Crippen molar-refractivity contribution in [1.29, 1.82) is 0 Å². The summed E-state index contributed by atoms with van der Waals surface area (Å²) in [5, 5.41) is 3.42. The van der Waals surface area contributed by atoms with Crippen LogP contribution < -0.4 is 5.32 Å². The van der Waals surface area contributed by atoms with Gasteiger partial charge in [-0.3, -0.25) is 0 Å². The van der Waals surface area contributed by atoms with Crippen LogP contribution in [0.15, 0.2) is 0 Å². The van der Waals surface area contributed by atoms with E-state index in [9.17, 15) is 0 Å². The van der Waals surface area contributed by atoms with Crippen molar-refractivity contribution in [1.82, 2.24) is 10.2 Å². The monoisotopic (exact) mass is 224 g/mol. The van der Waals surface area contributed by atoms with E-state index in [4.69, 9.17) is 23.2 Å². The largest absolute Gasteiger partial charge is 0.313 e. The summed E-state index contributed by atoms with van der Waals surface area (Å²) < 4.78 is -0.440. The Labute approximate surface area is 90.6 Å². The summed E-state index contributed by atoms with van der Waals surface area (Å²) in [7, 11) is 4.14. The molecule has 1 N–H and O–H groups in total. The topological polar surface area (TPSA) is 15.3 Å². The van der Waals surface area contributed by atoms with E-state index in [-0.39, 0.29) is 0 Å². The molecule has 2 unspecified atom stereocenters. The van der Waals surface area contributed by atoms with Gasteiger partial charge in [-0.15, -0.1) is 23.2 Å². The van der Waals surface area contributed by atoms with Crippen LogP contribution in [0, 0.1) is 5.92 Å². The molecule has 0 saturated heterocycles. The fourth-order valence-corrected chi connectivity index (χ4v) is 1.97. The van der Waals surface area contributed by atoms with Crippen LogP contribution in [0.3, 0.4) is 0 Å². The number of rotatable bonds is 5. The lowest BCUT2D eigenvalue weighted by atomic mass is 10.3. The molecule has 1 aliphatic rings. The van der Waals surface area contributed by atoms with Crippen LogP contribution in [0.2, 0.25) is 0 Å². The first-order valence-electron chi connectivity index (χ1n) is 4.68. The summed E-state index contributed by atoms with van der Waals surface area (Å²) in [6.07, 6.45) is 0.928. The molecule has 0 bridgehead atoms. The van der Waals surface area contributed by atoms with E-state index in [0.29, 0.717) is 12.0 Å². The maximum Gasteiger partial charge on any atom is 0.122 e. The molecule has 0 aromatic carbocycles. The summed E-state index contributed by atoms with van der Waals surface area (Å²) in [5.41, 5.74) is 0. The maximum absolute atomic E-state index is 5.91. The van der Waals surface area contributed by atoms with Crippen molar-refractivity contribution in [3.8, 4) is 0 Å². The predicted molar refractivity (Wildman–Crippen MR) is 58.6 cm³/mol. The van der Waals surface area contributed by atoms with Crippen LogP contribution in [0.1, 0.15) is 13.3 Å². The SMILES string of the molecule is CC(CN(C)C)NCC1CC1(Cl)Cl. The van der Waals surface area contributed by atoms with Crippen molar-refractivity contribution >= 4 is 23.2 Å². The average Bonchev–Trinajstić information content (AvgIpc) is 2.53. The van der Waals surface area contributed by atoms with Gasteiger partial charge in [-0.05, 0) is 27.4 Å². The Morgan fingerprint density at radius 2 is 2.08 bits per heavy atom. The quantitative estimate of drug-likeness (QED) is 0.717. The van der Waals surface area contributed by atoms with E-state index in [1.165, 1.54) is 0 Å². The van der Waals surface area contributed by atoms with Gasteiger partial charge in [0.05, 0.1) is 0 Å². The van der Waals surface area contributed by atoms with Crippen LogP contribution in [0.5, 0.6) is 0 Å². The number of hydrogen-bond donors (Lipinski definition) is 1. The highest BCUT2D eigenvalue weighted by Gasteiger charge is 2.51. The second-order valence-corrected chi connectivity index (χ2v) is 5.78. The normalized spacial score (nSPS) is 27.7. The lowest BCUT2D eigenvalue weighted by molar-refractivity contribution is 0.347. The number of halogens is 2. The Hall–Kier alpha value is 0.500. The molecule has 0 spiro atoms. The minimum Gasteiger partial charge on any atom is -0.313 e. The van der Waals surface area contributed by atoms with E-state index in [2.05, 4.69) is 31.2 Å². The Morgan fingerprint density at radius 1 is 1.54 bits per heavy atom. The van der Waals surface area contributed by atoms with Gasteiger partial charge < -0.3 is 10.2 Å². The van der Waals surface area contributed by atoms with Crippen molar-refractivity contribution in [2.24, 2.45) is 5.92 Å². The molecule has 13 heavy (non-hydrogen) atoms. The molecule has 0 amide bonds. The van der Waals surface area contributed by atoms with E-state index in [1.807, 2.05) is 0 Å². The Bertz CT molecular complexity index is 171. The molecule has 0 heterocycles. The van der Waals surface area contributed by atoms with Crippen LogP contribution >= 0.6 is 23.2 Å². The molecule has 0 aliphatic heterocycles. The summed E-state index contributed by atoms with van der Waals surface area (Å²) in [6.45, 7) is 4.15. The van der Waals surface area contributed by atoms with E-state index < -0.39 is 4.33 Å². The van der Waals surface area contributed by atoms with E-state index >= 15 is 0 Å². The molecular weight excluding hydrogens is 207 g/mol. The predicted octanol–water partition coefficient (Wildman–Crippen LogP) is 1.72. The molecule has 2 nitrogen and oxygen atoms in total. The van der Waals surface area contributed by atoms with Crippen LogP contribution in [0.25, 0.3) is 0 Å². The third-order valence-electron chi connectivity index (χ3n) is 2.31. The fraction of sp³-hybridized carbons (Fsp3) is 1.00. The lowest BCUT2D eigenvalue weighted by Crippen LogP contribution is -2.37. The van der Waals surface area contributed by atoms with Gasteiger partial charge in [0.1, 0.15) is 4.33 Å². The molecule has 0 aromatic heterocycles. The Kier molecular flexibility index (Phi) is 3.87. The molecule has 0 radical (unpaired) electrons. The van der Waals surface area contributed by atoms with Gasteiger partial charge in [0.2, 0.25) is 0 Å². The molecular formula is C9H18Cl2N2. The summed E-state index contributed by atoms with van der Waals surface area (Å²) in [4.78, 5) is 2.17. The van der Waals surface area contributed by atoms with Crippen LogP contribution in [-0.4, -0.2) is 42.5 Å². The molecule has 0 aromatic rings. The third-order valence-corrected chi connectivity index (χ3v) is 3.23. The molecule has 1 saturated carbocycles. The highest BCUT2D eigenvalue weighted by molar-refractivity contribution is 6.50. The number of nitrogens with zero attached hydrogens (tertiary/aromatic N) is 1. The maximum atomic E-state index is 5.91. The Balaban J connectivity index is 2.06. The number of hydrogen-bond acceptors (Lipinski definition) is 2. The third kappa shape index (κ3) is 4.03. The van der Waals surface area contributed by atoms with Crippen LogP contribution in [-0.2, 0) is 0 Å². The first-order chi connectivity index (χ1) is 5.92. The molecule has 78 valence electrons. The summed E-state index contributed by atoms with van der Waals surface area (Å²) in [6, 6.07) is 0.500. The van der Waals surface area contributed by atoms with Gasteiger partial charge in [0.25, 0.3) is 0 Å². The first kappa shape index (κ1) is 11.6. The number of nitrogens with one attached hydrogen (secondary N) is 1. The summed E-state index contributed by atoms with van der Waals surface area (Å²) in [5.74, 6) is 0.445. The smallest absolute Gasteiger partial charge is 0.122 e. The zero-order chi connectivity index (χ0) is 10.1. The second kappa shape index (κ2) is 4.35. The zero-order valence-electron chi connectivity index (χ0n) is 8.48. The van der Waals surface area contributed by atoms with Crippen molar-refractivity contribution in [3.05, 3.63) is 0 Å². The molecule has 4 heteroatoms. The van der Waals surface area contributed by atoms with Crippen molar-refractivity contribution in [2.45, 2.75) is 23.7 Å². The van der Waals surface area contributed by atoms with Crippen molar-refractivity contribution in [3.63, 3.8) is 0 Å². The van der Waals surface area contributed by atoms with Gasteiger partial charge in [-0.1, -0.05) is 0 Å². The van der Waals surface area contributed by atoms with Gasteiger partial charge in [0.15, 0.2) is 0 Å². The molecule has 2 atom stereocenters. The number of likely N-dealkylation sites (N-methyl/N-ethyl adjacent to an activating group) is 1. The van der Waals surface area contributed by atoms with Gasteiger partial charge in [-0.25, -0.2) is 0 Å². The minimum absolute atomic E-state index is 0.440. The highest BCUT2D eigenvalue weighted by Crippen LogP contribution is 2.52. The summed E-state index contributed by atoms with van der Waals surface area (Å²) >= 11 is 11.8. The lowest BCUT2D eigenvalue weighted by Gasteiger charge is -2.18. The minimum atomic E-state index is -0.440. The van der Waals surface area contributed by atoms with Gasteiger partial charge in [-0.2, -0.15) is 0 Å². The van der Waals surface area contributed by atoms with Crippen molar-refractivity contribution in [2.75, 3.05) is 27.2 Å². The fourth-order valence-electron chi connectivity index (χ4n) is 1.45. The van der Waals surface area contributed by atoms with E-state index in [0.717, 1.165) is 19.5 Å². The molecule has 1 rings (SSSR count). The Morgan fingerprint density at radius 3 is 2.46 bits per heavy atom. The van der Waals surface area contributed by atoms with E-state index in [1.54, 1.807) is 0 Å². The average molecular weight is 225 g/mol. The number of alkyl halides is 2. The molecule has 1 aliphatic carbocycles. The highest BCUT2D eigenvalue weighted by atomic mass is 35.5. The zero-order valence-corrected chi connectivity index (χ0v) is 9.99. The van der Waals surface area contributed by atoms with Crippen molar-refractivity contribution < 1.29 is 0 Å². The second-order valence-electron chi connectivity index (χ2n) is 4.23.